The van der Waals surface area contributed by atoms with Crippen LogP contribution >= 0.6 is 35.6 Å². The van der Waals surface area contributed by atoms with Crippen molar-refractivity contribution in [3.63, 3.8) is 0 Å². The first-order valence-corrected chi connectivity index (χ1v) is 7.26. The van der Waals surface area contributed by atoms with E-state index in [9.17, 15) is 0 Å². The predicted molar refractivity (Wildman–Crippen MR) is 85.7 cm³/mol. The second-order valence-electron chi connectivity index (χ2n) is 5.03. The summed E-state index contributed by atoms with van der Waals surface area (Å²) in [4.78, 5) is 2.41. The van der Waals surface area contributed by atoms with Gasteiger partial charge in [0, 0.05) is 22.6 Å². The van der Waals surface area contributed by atoms with Crippen LogP contribution in [0.25, 0.3) is 0 Å². The first-order valence-electron chi connectivity index (χ1n) is 6.51. The molecule has 5 heteroatoms. The van der Waals surface area contributed by atoms with E-state index in [1.165, 1.54) is 24.8 Å². The predicted octanol–water partition coefficient (Wildman–Crippen LogP) is 3.99. The maximum atomic E-state index is 6.03. The van der Waals surface area contributed by atoms with Crippen molar-refractivity contribution in [1.29, 1.82) is 0 Å². The lowest BCUT2D eigenvalue weighted by molar-refractivity contribution is 0.216. The molecular weight excluding hydrogens is 303 g/mol. The Kier molecular flexibility index (Phi) is 7.48. The molecule has 19 heavy (non-hydrogen) atoms. The summed E-state index contributed by atoms with van der Waals surface area (Å²) < 4.78 is 0. The third-order valence-electron chi connectivity index (χ3n) is 3.52. The smallest absolute Gasteiger partial charge is 0.0424 e. The molecule has 0 aromatic heterocycles. The molecule has 108 valence electrons. The molecule has 1 heterocycles. The Bertz CT molecular complexity index is 370. The molecule has 0 amide bonds. The van der Waals surface area contributed by atoms with E-state index in [-0.39, 0.29) is 12.4 Å². The van der Waals surface area contributed by atoms with Gasteiger partial charge in [0.15, 0.2) is 0 Å². The van der Waals surface area contributed by atoms with Gasteiger partial charge in [-0.15, -0.1) is 12.4 Å². The third kappa shape index (κ3) is 5.49. The average molecular weight is 324 g/mol. The zero-order valence-electron chi connectivity index (χ0n) is 11.2. The normalized spacial score (nSPS) is 19.9. The van der Waals surface area contributed by atoms with Gasteiger partial charge in [-0.1, -0.05) is 23.2 Å². The molecule has 2 rings (SSSR count). The number of nitrogens with one attached hydrogen (secondary N) is 1. The molecule has 1 aromatic rings. The number of nitrogens with zero attached hydrogens (tertiary/aromatic N) is 1. The van der Waals surface area contributed by atoms with Gasteiger partial charge in [0.25, 0.3) is 0 Å². The Morgan fingerprint density at radius 3 is 2.53 bits per heavy atom. The Hall–Kier alpha value is 0.01000. The molecule has 1 aliphatic heterocycles. The van der Waals surface area contributed by atoms with E-state index in [0.717, 1.165) is 19.6 Å². The average Bonchev–Trinajstić information content (AvgIpc) is 2.55. The Labute approximate surface area is 131 Å². The van der Waals surface area contributed by atoms with Crippen LogP contribution in [-0.2, 0) is 6.54 Å². The summed E-state index contributed by atoms with van der Waals surface area (Å²) in [6, 6.07) is 6.43. The summed E-state index contributed by atoms with van der Waals surface area (Å²) in [7, 11) is 2.19. The van der Waals surface area contributed by atoms with E-state index in [4.69, 9.17) is 23.2 Å². The van der Waals surface area contributed by atoms with Crippen molar-refractivity contribution >= 4 is 35.6 Å². The number of rotatable bonds is 3. The highest BCUT2D eigenvalue weighted by atomic mass is 35.5. The van der Waals surface area contributed by atoms with E-state index in [1.54, 1.807) is 6.07 Å². The minimum absolute atomic E-state index is 0. The molecule has 1 unspecified atom stereocenters. The fourth-order valence-electron chi connectivity index (χ4n) is 2.56. The Morgan fingerprint density at radius 1 is 1.16 bits per heavy atom. The van der Waals surface area contributed by atoms with Crippen molar-refractivity contribution in [2.75, 3.05) is 20.1 Å². The monoisotopic (exact) mass is 322 g/mol. The summed E-state index contributed by atoms with van der Waals surface area (Å²) in [6.07, 6.45) is 3.73. The minimum Gasteiger partial charge on any atom is -0.317 e. The van der Waals surface area contributed by atoms with Crippen molar-refractivity contribution in [2.24, 2.45) is 0 Å². The lowest BCUT2D eigenvalue weighted by atomic mass is 10.1. The fraction of sp³-hybridized carbons (Fsp3) is 0.571. The van der Waals surface area contributed by atoms with Crippen LogP contribution in [0.15, 0.2) is 18.2 Å². The molecule has 1 fully saturated rings. The van der Waals surface area contributed by atoms with Crippen LogP contribution in [0.5, 0.6) is 0 Å². The van der Waals surface area contributed by atoms with Gasteiger partial charge in [-0.25, -0.2) is 0 Å². The van der Waals surface area contributed by atoms with Crippen molar-refractivity contribution < 1.29 is 0 Å². The zero-order chi connectivity index (χ0) is 13.0. The lowest BCUT2D eigenvalue weighted by Gasteiger charge is -2.27. The molecule has 2 nitrogen and oxygen atoms in total. The van der Waals surface area contributed by atoms with E-state index >= 15 is 0 Å². The van der Waals surface area contributed by atoms with Gasteiger partial charge >= 0.3 is 0 Å². The minimum atomic E-state index is 0. The van der Waals surface area contributed by atoms with Gasteiger partial charge in [-0.05, 0) is 63.2 Å². The highest BCUT2D eigenvalue weighted by molar-refractivity contribution is 6.34. The molecule has 0 bridgehead atoms. The highest BCUT2D eigenvalue weighted by Gasteiger charge is 2.16. The quantitative estimate of drug-likeness (QED) is 0.905. The van der Waals surface area contributed by atoms with Crippen LogP contribution in [0.1, 0.15) is 24.8 Å². The van der Waals surface area contributed by atoms with Crippen molar-refractivity contribution in [3.8, 4) is 0 Å². The number of hydrogen-bond donors (Lipinski definition) is 1. The molecule has 0 aliphatic carbocycles. The SMILES string of the molecule is CN(Cc1cc(Cl)cc(Cl)c1)C1CCCNCC1.Cl. The third-order valence-corrected chi connectivity index (χ3v) is 3.96. The van der Waals surface area contributed by atoms with Crippen LogP contribution in [0.2, 0.25) is 10.0 Å². The Morgan fingerprint density at radius 2 is 1.84 bits per heavy atom. The largest absolute Gasteiger partial charge is 0.317 e. The van der Waals surface area contributed by atoms with E-state index in [2.05, 4.69) is 17.3 Å². The Balaban J connectivity index is 0.00000180. The van der Waals surface area contributed by atoms with Crippen molar-refractivity contribution in [3.05, 3.63) is 33.8 Å². The van der Waals surface area contributed by atoms with Gasteiger partial charge < -0.3 is 5.32 Å². The van der Waals surface area contributed by atoms with Gasteiger partial charge in [0.2, 0.25) is 0 Å². The summed E-state index contributed by atoms with van der Waals surface area (Å²) in [6.45, 7) is 3.17. The molecule has 1 aromatic carbocycles. The van der Waals surface area contributed by atoms with Gasteiger partial charge in [0.05, 0.1) is 0 Å². The van der Waals surface area contributed by atoms with Crippen LogP contribution < -0.4 is 5.32 Å². The standard InChI is InChI=1S/C14H20Cl2N2.ClH/c1-18(14-3-2-5-17-6-4-14)10-11-7-12(15)9-13(16)8-11;/h7-9,14,17H,2-6,10H2,1H3;1H. The number of hydrogen-bond acceptors (Lipinski definition) is 2. The van der Waals surface area contributed by atoms with Crippen LogP contribution in [0.4, 0.5) is 0 Å². The second-order valence-corrected chi connectivity index (χ2v) is 5.90. The molecular formula is C14H21Cl3N2. The molecule has 1 saturated heterocycles. The number of halogens is 3. The first kappa shape index (κ1) is 17.1. The van der Waals surface area contributed by atoms with Gasteiger partial charge in [0.1, 0.15) is 0 Å². The second kappa shape index (κ2) is 8.33. The topological polar surface area (TPSA) is 15.3 Å². The van der Waals surface area contributed by atoms with Crippen molar-refractivity contribution in [2.45, 2.75) is 31.8 Å². The summed E-state index contributed by atoms with van der Waals surface area (Å²) >= 11 is 12.1. The van der Waals surface area contributed by atoms with E-state index < -0.39 is 0 Å². The molecule has 0 spiro atoms. The zero-order valence-corrected chi connectivity index (χ0v) is 13.5. The molecule has 1 atom stereocenters. The summed E-state index contributed by atoms with van der Waals surface area (Å²) in [5, 5.41) is 4.88. The highest BCUT2D eigenvalue weighted by Crippen LogP contribution is 2.21. The van der Waals surface area contributed by atoms with Crippen molar-refractivity contribution in [1.82, 2.24) is 10.2 Å². The molecule has 1 aliphatic rings. The summed E-state index contributed by atoms with van der Waals surface area (Å²) in [5.41, 5.74) is 1.19. The number of benzene rings is 1. The van der Waals surface area contributed by atoms with Crippen LogP contribution in [0, 0.1) is 0 Å². The van der Waals surface area contributed by atoms with Gasteiger partial charge in [-0.2, -0.15) is 0 Å². The lowest BCUT2D eigenvalue weighted by Crippen LogP contribution is -2.32. The van der Waals surface area contributed by atoms with Gasteiger partial charge in [-0.3, -0.25) is 4.90 Å². The maximum absolute atomic E-state index is 6.03. The fourth-order valence-corrected chi connectivity index (χ4v) is 3.13. The first-order chi connectivity index (χ1) is 8.65. The molecule has 0 saturated carbocycles. The maximum Gasteiger partial charge on any atom is 0.0424 e. The van der Waals surface area contributed by atoms with Crippen LogP contribution in [0.3, 0.4) is 0 Å². The van der Waals surface area contributed by atoms with E-state index in [1.807, 2.05) is 12.1 Å². The van der Waals surface area contributed by atoms with Crippen LogP contribution in [-0.4, -0.2) is 31.1 Å². The molecule has 0 radical (unpaired) electrons. The summed E-state index contributed by atoms with van der Waals surface area (Å²) in [5.74, 6) is 0. The molecule has 1 N–H and O–H groups in total. The van der Waals surface area contributed by atoms with E-state index in [0.29, 0.717) is 16.1 Å².